The van der Waals surface area contributed by atoms with Crippen LogP contribution in [0, 0.1) is 5.92 Å². The van der Waals surface area contributed by atoms with Gasteiger partial charge in [-0.05, 0) is 50.5 Å². The second kappa shape index (κ2) is 4.71. The van der Waals surface area contributed by atoms with E-state index >= 15 is 0 Å². The molecule has 0 radical (unpaired) electrons. The van der Waals surface area contributed by atoms with E-state index in [0.717, 1.165) is 18.2 Å². The number of ether oxygens (including phenoxy) is 1. The number of piperidine rings is 1. The fourth-order valence-corrected chi connectivity index (χ4v) is 3.68. The number of fused-ring (bicyclic) bond motifs is 1. The van der Waals surface area contributed by atoms with Gasteiger partial charge in [0.25, 0.3) is 0 Å². The highest BCUT2D eigenvalue weighted by atomic mass is 16.5. The number of methoxy groups -OCH3 is 1. The summed E-state index contributed by atoms with van der Waals surface area (Å²) in [5.74, 6) is 1.73. The first-order chi connectivity index (χ1) is 9.13. The van der Waals surface area contributed by atoms with E-state index < -0.39 is 0 Å². The van der Waals surface area contributed by atoms with E-state index in [9.17, 15) is 0 Å². The lowest BCUT2D eigenvalue weighted by Crippen LogP contribution is -2.41. The monoisotopic (exact) mass is 260 g/mol. The Balaban J connectivity index is 1.87. The average Bonchev–Trinajstić information content (AvgIpc) is 2.78. The molecule has 19 heavy (non-hydrogen) atoms. The van der Waals surface area contributed by atoms with E-state index in [1.165, 1.54) is 37.2 Å². The minimum absolute atomic E-state index is 0.281. The van der Waals surface area contributed by atoms with E-state index in [1.54, 1.807) is 7.11 Å². The van der Waals surface area contributed by atoms with Crippen LogP contribution >= 0.6 is 0 Å². The Bertz CT molecular complexity index is 466. The number of benzene rings is 1. The lowest BCUT2D eigenvalue weighted by molar-refractivity contribution is 0.163. The summed E-state index contributed by atoms with van der Waals surface area (Å²) < 4.78 is 5.32. The molecule has 1 fully saturated rings. The largest absolute Gasteiger partial charge is 0.497 e. The third-order valence-electron chi connectivity index (χ3n) is 5.11. The second-order valence-electron chi connectivity index (χ2n) is 6.26. The van der Waals surface area contributed by atoms with Crippen molar-refractivity contribution in [3.05, 3.63) is 23.8 Å². The van der Waals surface area contributed by atoms with Gasteiger partial charge in [0.05, 0.1) is 7.11 Å². The number of hydrogen-bond acceptors (Lipinski definition) is 3. The molecule has 2 aliphatic heterocycles. The molecule has 0 amide bonds. The van der Waals surface area contributed by atoms with Crippen LogP contribution in [-0.2, 0) is 5.41 Å². The van der Waals surface area contributed by atoms with Crippen LogP contribution in [0.15, 0.2) is 18.2 Å². The Morgan fingerprint density at radius 2 is 2.05 bits per heavy atom. The summed E-state index contributed by atoms with van der Waals surface area (Å²) in [5, 5.41) is 3.58. The van der Waals surface area contributed by atoms with Gasteiger partial charge in [-0.1, -0.05) is 13.0 Å². The smallest absolute Gasteiger partial charge is 0.120 e. The summed E-state index contributed by atoms with van der Waals surface area (Å²) in [6.07, 6.45) is 2.61. The molecule has 0 aromatic heterocycles. The standard InChI is InChI=1S/C16H24N2O/c1-16(12-6-8-18(2)9-7-12)11-17-15-10-13(19-3)4-5-14(15)16/h4-5,10,12,17H,6-9,11H2,1-3H3. The second-order valence-corrected chi connectivity index (χ2v) is 6.26. The van der Waals surface area contributed by atoms with E-state index in [2.05, 4.69) is 42.4 Å². The average molecular weight is 260 g/mol. The predicted molar refractivity (Wildman–Crippen MR) is 79.1 cm³/mol. The minimum Gasteiger partial charge on any atom is -0.497 e. The van der Waals surface area contributed by atoms with Crippen LogP contribution in [0.2, 0.25) is 0 Å². The Hall–Kier alpha value is -1.22. The van der Waals surface area contributed by atoms with Crippen LogP contribution in [0.3, 0.4) is 0 Å². The summed E-state index contributed by atoms with van der Waals surface area (Å²) in [7, 11) is 3.96. The third kappa shape index (κ3) is 2.10. The highest BCUT2D eigenvalue weighted by Crippen LogP contribution is 2.46. The molecule has 0 spiro atoms. The van der Waals surface area contributed by atoms with Gasteiger partial charge in [-0.2, -0.15) is 0 Å². The Kier molecular flexibility index (Phi) is 3.17. The quantitative estimate of drug-likeness (QED) is 0.885. The van der Waals surface area contributed by atoms with Gasteiger partial charge in [0.1, 0.15) is 5.75 Å². The lowest BCUT2D eigenvalue weighted by Gasteiger charge is -2.39. The summed E-state index contributed by atoms with van der Waals surface area (Å²) in [4.78, 5) is 2.44. The van der Waals surface area contributed by atoms with Crippen LogP contribution in [-0.4, -0.2) is 38.7 Å². The van der Waals surface area contributed by atoms with Crippen LogP contribution in [0.25, 0.3) is 0 Å². The molecule has 1 atom stereocenters. The molecule has 3 rings (SSSR count). The highest BCUT2D eigenvalue weighted by molar-refractivity contribution is 5.63. The van der Waals surface area contributed by atoms with Crippen molar-refractivity contribution in [3.8, 4) is 5.75 Å². The van der Waals surface area contributed by atoms with Crippen molar-refractivity contribution >= 4 is 5.69 Å². The number of anilines is 1. The van der Waals surface area contributed by atoms with E-state index in [-0.39, 0.29) is 5.41 Å². The first-order valence-electron chi connectivity index (χ1n) is 7.24. The van der Waals surface area contributed by atoms with Crippen LogP contribution < -0.4 is 10.1 Å². The molecule has 1 unspecified atom stereocenters. The number of likely N-dealkylation sites (tertiary alicyclic amines) is 1. The Morgan fingerprint density at radius 1 is 1.32 bits per heavy atom. The molecule has 1 saturated heterocycles. The maximum absolute atomic E-state index is 5.32. The zero-order valence-electron chi connectivity index (χ0n) is 12.2. The van der Waals surface area contributed by atoms with Gasteiger partial charge in [-0.25, -0.2) is 0 Å². The van der Waals surface area contributed by atoms with Crippen molar-refractivity contribution in [1.29, 1.82) is 0 Å². The van der Waals surface area contributed by atoms with E-state index in [0.29, 0.717) is 0 Å². The van der Waals surface area contributed by atoms with E-state index in [4.69, 9.17) is 4.74 Å². The normalized spacial score (nSPS) is 27.9. The van der Waals surface area contributed by atoms with Crippen LogP contribution in [0.5, 0.6) is 5.75 Å². The summed E-state index contributed by atoms with van der Waals surface area (Å²) in [6.45, 7) is 5.94. The van der Waals surface area contributed by atoms with Gasteiger partial charge in [0, 0.05) is 23.7 Å². The number of rotatable bonds is 2. The SMILES string of the molecule is COc1ccc2c(c1)NCC2(C)C1CCN(C)CC1. The summed E-state index contributed by atoms with van der Waals surface area (Å²) >= 11 is 0. The summed E-state index contributed by atoms with van der Waals surface area (Å²) in [5.41, 5.74) is 3.02. The van der Waals surface area contributed by atoms with Crippen molar-refractivity contribution in [2.45, 2.75) is 25.2 Å². The zero-order valence-corrected chi connectivity index (χ0v) is 12.2. The number of nitrogens with zero attached hydrogens (tertiary/aromatic N) is 1. The van der Waals surface area contributed by atoms with Crippen LogP contribution in [0.1, 0.15) is 25.3 Å². The summed E-state index contributed by atoms with van der Waals surface area (Å²) in [6, 6.07) is 6.49. The minimum atomic E-state index is 0.281. The molecule has 2 heterocycles. The van der Waals surface area contributed by atoms with Crippen molar-refractivity contribution in [1.82, 2.24) is 4.90 Å². The molecule has 0 saturated carbocycles. The molecule has 0 aliphatic carbocycles. The molecule has 0 bridgehead atoms. The molecule has 2 aliphatic rings. The van der Waals surface area contributed by atoms with Gasteiger partial charge >= 0.3 is 0 Å². The number of nitrogens with one attached hydrogen (secondary N) is 1. The molecular weight excluding hydrogens is 236 g/mol. The first-order valence-corrected chi connectivity index (χ1v) is 7.24. The molecular formula is C16H24N2O. The van der Waals surface area contributed by atoms with Crippen LogP contribution in [0.4, 0.5) is 5.69 Å². The maximum Gasteiger partial charge on any atom is 0.120 e. The third-order valence-corrected chi connectivity index (χ3v) is 5.11. The number of hydrogen-bond donors (Lipinski definition) is 1. The Morgan fingerprint density at radius 3 is 2.74 bits per heavy atom. The van der Waals surface area contributed by atoms with Crippen molar-refractivity contribution < 1.29 is 4.74 Å². The molecule has 3 nitrogen and oxygen atoms in total. The highest BCUT2D eigenvalue weighted by Gasteiger charge is 2.42. The van der Waals surface area contributed by atoms with Gasteiger partial charge < -0.3 is 15.0 Å². The fraction of sp³-hybridized carbons (Fsp3) is 0.625. The topological polar surface area (TPSA) is 24.5 Å². The maximum atomic E-state index is 5.32. The van der Waals surface area contributed by atoms with Crippen molar-refractivity contribution in [2.75, 3.05) is 39.1 Å². The Labute approximate surface area is 115 Å². The van der Waals surface area contributed by atoms with Crippen molar-refractivity contribution in [2.24, 2.45) is 5.92 Å². The molecule has 3 heteroatoms. The van der Waals surface area contributed by atoms with Gasteiger partial charge in [0.2, 0.25) is 0 Å². The van der Waals surface area contributed by atoms with E-state index in [1.807, 2.05) is 0 Å². The molecule has 1 N–H and O–H groups in total. The van der Waals surface area contributed by atoms with Crippen molar-refractivity contribution in [3.63, 3.8) is 0 Å². The predicted octanol–water partition coefficient (Wildman–Crippen LogP) is 2.72. The molecule has 1 aromatic carbocycles. The lowest BCUT2D eigenvalue weighted by atomic mass is 9.69. The molecule has 1 aromatic rings. The van der Waals surface area contributed by atoms with Gasteiger partial charge in [-0.15, -0.1) is 0 Å². The zero-order chi connectivity index (χ0) is 13.5. The molecule has 104 valence electrons. The fourth-order valence-electron chi connectivity index (χ4n) is 3.68. The van der Waals surface area contributed by atoms with Gasteiger partial charge in [-0.3, -0.25) is 0 Å². The first kappa shape index (κ1) is 12.8. The van der Waals surface area contributed by atoms with Gasteiger partial charge in [0.15, 0.2) is 0 Å².